The fourth-order valence-corrected chi connectivity index (χ4v) is 4.46. The second kappa shape index (κ2) is 7.68. The van der Waals surface area contributed by atoms with Crippen molar-refractivity contribution in [1.29, 1.82) is 0 Å². The van der Waals surface area contributed by atoms with Crippen molar-refractivity contribution >= 4 is 33.5 Å². The lowest BCUT2D eigenvalue weighted by Gasteiger charge is -2.29. The Balaban J connectivity index is 1.75. The van der Waals surface area contributed by atoms with Crippen LogP contribution in [-0.2, 0) is 10.0 Å². The summed E-state index contributed by atoms with van der Waals surface area (Å²) in [5.74, 6) is 0.591. The van der Waals surface area contributed by atoms with Gasteiger partial charge in [-0.15, -0.1) is 0 Å². The van der Waals surface area contributed by atoms with Gasteiger partial charge in [-0.25, -0.2) is 8.42 Å². The van der Waals surface area contributed by atoms with Crippen molar-refractivity contribution in [3.05, 3.63) is 59.1 Å². The van der Waals surface area contributed by atoms with Crippen LogP contribution in [0.25, 0.3) is 0 Å². The number of piperidine rings is 1. The zero-order chi connectivity index (χ0) is 17.9. The molecule has 1 aliphatic rings. The van der Waals surface area contributed by atoms with Gasteiger partial charge in [0.05, 0.1) is 10.6 Å². The SMILES string of the molecule is CC1CCN(S(=O)(=O)c2ccc(N=Cc3ccccc3Cl)cc2)CC1. The van der Waals surface area contributed by atoms with Crippen LogP contribution < -0.4 is 0 Å². The van der Waals surface area contributed by atoms with Crippen LogP contribution in [0, 0.1) is 5.92 Å². The first kappa shape index (κ1) is 18.1. The molecular weight excluding hydrogens is 356 g/mol. The summed E-state index contributed by atoms with van der Waals surface area (Å²) in [7, 11) is -3.42. The molecule has 0 unspecified atom stereocenters. The number of halogens is 1. The minimum absolute atomic E-state index is 0.318. The lowest BCUT2D eigenvalue weighted by atomic mass is 10.0. The lowest BCUT2D eigenvalue weighted by molar-refractivity contribution is 0.288. The molecule has 0 N–H and O–H groups in total. The molecule has 0 atom stereocenters. The van der Waals surface area contributed by atoms with Gasteiger partial charge in [0.1, 0.15) is 0 Å². The predicted molar refractivity (Wildman–Crippen MR) is 102 cm³/mol. The van der Waals surface area contributed by atoms with Gasteiger partial charge in [0, 0.05) is 29.9 Å². The first-order valence-electron chi connectivity index (χ1n) is 8.35. The van der Waals surface area contributed by atoms with Crippen LogP contribution in [0.5, 0.6) is 0 Å². The number of rotatable bonds is 4. The van der Waals surface area contributed by atoms with Crippen LogP contribution in [0.3, 0.4) is 0 Å². The lowest BCUT2D eigenvalue weighted by Crippen LogP contribution is -2.37. The Hall–Kier alpha value is -1.69. The fourth-order valence-electron chi connectivity index (χ4n) is 2.80. The molecule has 1 heterocycles. The van der Waals surface area contributed by atoms with E-state index in [4.69, 9.17) is 11.6 Å². The average molecular weight is 377 g/mol. The molecule has 2 aromatic rings. The number of benzene rings is 2. The molecule has 1 fully saturated rings. The molecule has 2 aromatic carbocycles. The molecule has 0 radical (unpaired) electrons. The van der Waals surface area contributed by atoms with E-state index in [1.54, 1.807) is 40.9 Å². The maximum Gasteiger partial charge on any atom is 0.243 e. The third kappa shape index (κ3) is 4.29. The second-order valence-corrected chi connectivity index (χ2v) is 8.71. The molecular formula is C19H21ClN2O2S. The summed E-state index contributed by atoms with van der Waals surface area (Å²) in [5.41, 5.74) is 1.51. The molecule has 0 aliphatic carbocycles. The van der Waals surface area contributed by atoms with Crippen molar-refractivity contribution in [3.8, 4) is 0 Å². The van der Waals surface area contributed by atoms with Gasteiger partial charge in [-0.2, -0.15) is 4.31 Å². The van der Waals surface area contributed by atoms with Gasteiger partial charge >= 0.3 is 0 Å². The number of sulfonamides is 1. The zero-order valence-electron chi connectivity index (χ0n) is 14.1. The number of hydrogen-bond donors (Lipinski definition) is 0. The fraction of sp³-hybridized carbons (Fsp3) is 0.316. The van der Waals surface area contributed by atoms with Gasteiger partial charge in [0.25, 0.3) is 0 Å². The molecule has 0 saturated carbocycles. The highest BCUT2D eigenvalue weighted by Gasteiger charge is 2.27. The molecule has 0 amide bonds. The van der Waals surface area contributed by atoms with E-state index >= 15 is 0 Å². The van der Waals surface area contributed by atoms with Crippen molar-refractivity contribution < 1.29 is 8.42 Å². The highest BCUT2D eigenvalue weighted by Crippen LogP contribution is 2.25. The van der Waals surface area contributed by atoms with Gasteiger partial charge in [0.2, 0.25) is 10.0 Å². The van der Waals surface area contributed by atoms with Crippen LogP contribution in [0.15, 0.2) is 58.4 Å². The largest absolute Gasteiger partial charge is 0.256 e. The Kier molecular flexibility index (Phi) is 5.57. The molecule has 25 heavy (non-hydrogen) atoms. The van der Waals surface area contributed by atoms with E-state index in [-0.39, 0.29) is 0 Å². The summed E-state index contributed by atoms with van der Waals surface area (Å²) in [5, 5.41) is 0.629. The standard InChI is InChI=1S/C19H21ClN2O2S/c1-15-10-12-22(13-11-15)25(23,24)18-8-6-17(7-9-18)21-14-16-4-2-3-5-19(16)20/h2-9,14-15H,10-13H2,1H3. The minimum Gasteiger partial charge on any atom is -0.256 e. The molecule has 1 saturated heterocycles. The van der Waals surface area contributed by atoms with Crippen molar-refractivity contribution in [2.75, 3.05) is 13.1 Å². The summed E-state index contributed by atoms with van der Waals surface area (Å²) >= 11 is 6.10. The van der Waals surface area contributed by atoms with E-state index in [1.807, 2.05) is 18.2 Å². The Bertz CT molecular complexity index is 855. The van der Waals surface area contributed by atoms with Crippen molar-refractivity contribution in [1.82, 2.24) is 4.31 Å². The summed E-state index contributed by atoms with van der Waals surface area (Å²) in [6, 6.07) is 14.1. The average Bonchev–Trinajstić information content (AvgIpc) is 2.62. The molecule has 0 aromatic heterocycles. The van der Waals surface area contributed by atoms with Crippen molar-refractivity contribution in [2.24, 2.45) is 10.9 Å². The van der Waals surface area contributed by atoms with Gasteiger partial charge < -0.3 is 0 Å². The maximum atomic E-state index is 12.7. The Morgan fingerprint density at radius 1 is 1.08 bits per heavy atom. The van der Waals surface area contributed by atoms with Gasteiger partial charge in [0.15, 0.2) is 0 Å². The maximum absolute atomic E-state index is 12.7. The van der Waals surface area contributed by atoms with Crippen LogP contribution >= 0.6 is 11.6 Å². The van der Waals surface area contributed by atoms with Crippen LogP contribution in [0.4, 0.5) is 5.69 Å². The van der Waals surface area contributed by atoms with E-state index < -0.39 is 10.0 Å². The van der Waals surface area contributed by atoms with E-state index in [2.05, 4.69) is 11.9 Å². The molecule has 0 spiro atoms. The normalized spacial score (nSPS) is 17.2. The quantitative estimate of drug-likeness (QED) is 0.737. The first-order chi connectivity index (χ1) is 12.0. The summed E-state index contributed by atoms with van der Waals surface area (Å²) in [4.78, 5) is 4.68. The summed E-state index contributed by atoms with van der Waals surface area (Å²) in [6.45, 7) is 3.35. The highest BCUT2D eigenvalue weighted by atomic mass is 35.5. The van der Waals surface area contributed by atoms with Crippen molar-refractivity contribution in [2.45, 2.75) is 24.7 Å². The topological polar surface area (TPSA) is 49.7 Å². The second-order valence-electron chi connectivity index (χ2n) is 6.36. The third-order valence-corrected chi connectivity index (χ3v) is 6.73. The third-order valence-electron chi connectivity index (χ3n) is 4.48. The van der Waals surface area contributed by atoms with Gasteiger partial charge in [-0.05, 0) is 49.1 Å². The predicted octanol–water partition coefficient (Wildman–Crippen LogP) is 4.51. The van der Waals surface area contributed by atoms with Crippen LogP contribution in [0.2, 0.25) is 5.02 Å². The van der Waals surface area contributed by atoms with E-state index in [9.17, 15) is 8.42 Å². The van der Waals surface area contributed by atoms with Gasteiger partial charge in [-0.3, -0.25) is 4.99 Å². The van der Waals surface area contributed by atoms with Crippen LogP contribution in [-0.4, -0.2) is 32.0 Å². The molecule has 0 bridgehead atoms. The molecule has 132 valence electrons. The Morgan fingerprint density at radius 2 is 1.72 bits per heavy atom. The smallest absolute Gasteiger partial charge is 0.243 e. The van der Waals surface area contributed by atoms with Gasteiger partial charge in [-0.1, -0.05) is 36.7 Å². The monoisotopic (exact) mass is 376 g/mol. The van der Waals surface area contributed by atoms with Crippen molar-refractivity contribution in [3.63, 3.8) is 0 Å². The minimum atomic E-state index is -3.42. The number of hydrogen-bond acceptors (Lipinski definition) is 3. The molecule has 3 rings (SSSR count). The molecule has 6 heteroatoms. The van der Waals surface area contributed by atoms with E-state index in [0.717, 1.165) is 18.4 Å². The number of nitrogens with zero attached hydrogens (tertiary/aromatic N) is 2. The Morgan fingerprint density at radius 3 is 2.36 bits per heavy atom. The van der Waals surface area contributed by atoms with Crippen LogP contribution in [0.1, 0.15) is 25.3 Å². The zero-order valence-corrected chi connectivity index (χ0v) is 15.7. The van der Waals surface area contributed by atoms with E-state index in [1.165, 1.54) is 0 Å². The molecule has 1 aliphatic heterocycles. The highest BCUT2D eigenvalue weighted by molar-refractivity contribution is 7.89. The number of aliphatic imine (C=N–C) groups is 1. The first-order valence-corrected chi connectivity index (χ1v) is 10.2. The summed E-state index contributed by atoms with van der Waals surface area (Å²) in [6.07, 6.45) is 3.51. The summed E-state index contributed by atoms with van der Waals surface area (Å²) < 4.78 is 27.0. The Labute approximate surface area is 154 Å². The molecule has 4 nitrogen and oxygen atoms in total. The van der Waals surface area contributed by atoms with E-state index in [0.29, 0.717) is 34.6 Å².